The quantitative estimate of drug-likeness (QED) is 0.389. The number of hydrogen-bond donors (Lipinski definition) is 0. The Hall–Kier alpha value is -1.98. The fraction of sp³-hybridized carbons (Fsp3) is 0.250. The zero-order valence-electron chi connectivity index (χ0n) is 7.25. The van der Waals surface area contributed by atoms with E-state index in [0.29, 0.717) is 11.4 Å². The second kappa shape index (κ2) is 4.90. The van der Waals surface area contributed by atoms with Gasteiger partial charge in [0, 0.05) is 12.1 Å². The van der Waals surface area contributed by atoms with E-state index in [9.17, 15) is 14.9 Å². The van der Waals surface area contributed by atoms with Gasteiger partial charge in [0.15, 0.2) is 0 Å². The number of carbonyl (C=O) groups is 1. The minimum absolute atomic E-state index is 0.195. The smallest absolute Gasteiger partial charge is 0.294 e. The summed E-state index contributed by atoms with van der Waals surface area (Å²) < 4.78 is 0. The highest BCUT2D eigenvalue weighted by Gasteiger charge is 2.00. The summed E-state index contributed by atoms with van der Waals surface area (Å²) in [5.41, 5.74) is 1.01. The van der Waals surface area contributed by atoms with Crippen molar-refractivity contribution in [3.05, 3.63) is 39.7 Å². The number of nitrogens with zero attached hydrogens (tertiary/aromatic N) is 2. The van der Waals surface area contributed by atoms with Crippen LogP contribution >= 0.6 is 0 Å². The van der Waals surface area contributed by atoms with Gasteiger partial charge in [0.05, 0.1) is 5.69 Å². The molecule has 74 valence electrons. The third-order valence-corrected chi connectivity index (χ3v) is 1.47. The van der Waals surface area contributed by atoms with Crippen LogP contribution in [0.2, 0.25) is 0 Å². The Morgan fingerprint density at radius 2 is 2.21 bits per heavy atom. The number of aromatic nitrogens is 1. The first-order valence-electron chi connectivity index (χ1n) is 3.88. The van der Waals surface area contributed by atoms with Crippen LogP contribution in [0.4, 0.5) is 0 Å². The predicted octanol–water partition coefficient (Wildman–Crippen LogP) is 0.531. The maximum Gasteiger partial charge on any atom is 0.294 e. The normalized spacial score (nSPS) is 9.43. The molecule has 0 radical (unpaired) electrons. The Morgan fingerprint density at radius 1 is 1.50 bits per heavy atom. The molecule has 6 nitrogen and oxygen atoms in total. The fourth-order valence-corrected chi connectivity index (χ4v) is 0.928. The molecular weight excluding hydrogens is 188 g/mol. The highest BCUT2D eigenvalue weighted by Crippen LogP contribution is 2.01. The topological polar surface area (TPSA) is 82.3 Å². The van der Waals surface area contributed by atoms with Crippen molar-refractivity contribution in [1.82, 2.24) is 4.98 Å². The van der Waals surface area contributed by atoms with E-state index in [1.54, 1.807) is 18.2 Å². The maximum atomic E-state index is 10.2. The van der Waals surface area contributed by atoms with E-state index in [-0.39, 0.29) is 13.0 Å². The van der Waals surface area contributed by atoms with Crippen LogP contribution in [0, 0.1) is 10.1 Å². The van der Waals surface area contributed by atoms with Gasteiger partial charge in [0.2, 0.25) is 0 Å². The molecule has 1 aromatic heterocycles. The van der Waals surface area contributed by atoms with E-state index in [2.05, 4.69) is 9.82 Å². The zero-order chi connectivity index (χ0) is 10.4. The van der Waals surface area contributed by atoms with Gasteiger partial charge < -0.3 is 9.63 Å². The Kier molecular flexibility index (Phi) is 3.54. The molecular formula is C8H8N2O4. The highest BCUT2D eigenvalue weighted by atomic mass is 16.9. The second-order valence-electron chi connectivity index (χ2n) is 2.49. The maximum absolute atomic E-state index is 10.2. The average molecular weight is 196 g/mol. The second-order valence-corrected chi connectivity index (χ2v) is 2.49. The molecule has 6 heteroatoms. The van der Waals surface area contributed by atoms with Gasteiger partial charge in [-0.05, 0) is 12.1 Å². The van der Waals surface area contributed by atoms with Crippen LogP contribution in [-0.2, 0) is 22.7 Å². The summed E-state index contributed by atoms with van der Waals surface area (Å²) in [5.74, 6) is 0. The first-order valence-corrected chi connectivity index (χ1v) is 3.88. The van der Waals surface area contributed by atoms with E-state index < -0.39 is 5.09 Å². The van der Waals surface area contributed by atoms with Crippen molar-refractivity contribution in [2.75, 3.05) is 0 Å². The van der Waals surface area contributed by atoms with E-state index in [1.165, 1.54) is 0 Å². The predicted molar refractivity (Wildman–Crippen MR) is 45.8 cm³/mol. The third-order valence-electron chi connectivity index (χ3n) is 1.47. The summed E-state index contributed by atoms with van der Waals surface area (Å²) >= 11 is 0. The van der Waals surface area contributed by atoms with Crippen LogP contribution in [0.3, 0.4) is 0 Å². The zero-order valence-corrected chi connectivity index (χ0v) is 7.25. The molecule has 0 spiro atoms. The van der Waals surface area contributed by atoms with Crippen molar-refractivity contribution in [3.63, 3.8) is 0 Å². The van der Waals surface area contributed by atoms with E-state index in [4.69, 9.17) is 0 Å². The Labute approximate surface area is 79.6 Å². The standard InChI is InChI=1S/C8H8N2O4/c11-5-4-7-2-1-3-8(9-7)6-14-10(12)13/h1-3,5H,4,6H2. The van der Waals surface area contributed by atoms with Crippen molar-refractivity contribution in [3.8, 4) is 0 Å². The lowest BCUT2D eigenvalue weighted by atomic mass is 10.2. The van der Waals surface area contributed by atoms with E-state index >= 15 is 0 Å². The third kappa shape index (κ3) is 3.18. The lowest BCUT2D eigenvalue weighted by Gasteiger charge is -2.00. The van der Waals surface area contributed by atoms with Gasteiger partial charge in [-0.2, -0.15) is 0 Å². The molecule has 0 unspecified atom stereocenters. The molecule has 0 aliphatic heterocycles. The number of carbonyl (C=O) groups excluding carboxylic acids is 1. The molecule has 0 bridgehead atoms. The highest BCUT2D eigenvalue weighted by molar-refractivity contribution is 5.53. The number of aldehydes is 1. The number of rotatable bonds is 5. The molecule has 0 amide bonds. The molecule has 0 N–H and O–H groups in total. The van der Waals surface area contributed by atoms with Gasteiger partial charge in [0.1, 0.15) is 12.9 Å². The van der Waals surface area contributed by atoms with Crippen LogP contribution < -0.4 is 0 Å². The minimum Gasteiger partial charge on any atom is -0.307 e. The minimum atomic E-state index is -0.881. The largest absolute Gasteiger partial charge is 0.307 e. The number of hydrogen-bond acceptors (Lipinski definition) is 5. The van der Waals surface area contributed by atoms with Gasteiger partial charge in [0.25, 0.3) is 5.09 Å². The molecule has 1 rings (SSSR count). The molecule has 14 heavy (non-hydrogen) atoms. The van der Waals surface area contributed by atoms with Crippen LogP contribution in [-0.4, -0.2) is 16.4 Å². The molecule has 1 heterocycles. The first kappa shape index (κ1) is 10.1. The van der Waals surface area contributed by atoms with Crippen molar-refractivity contribution in [1.29, 1.82) is 0 Å². The van der Waals surface area contributed by atoms with Crippen LogP contribution in [0.15, 0.2) is 18.2 Å². The lowest BCUT2D eigenvalue weighted by molar-refractivity contribution is -0.763. The molecule has 1 aromatic rings. The molecule has 0 atom stereocenters. The summed E-state index contributed by atoms with van der Waals surface area (Å²) in [4.78, 5) is 28.2. The molecule has 0 aliphatic carbocycles. The Morgan fingerprint density at radius 3 is 2.86 bits per heavy atom. The van der Waals surface area contributed by atoms with E-state index in [1.807, 2.05) is 0 Å². The fourth-order valence-electron chi connectivity index (χ4n) is 0.928. The van der Waals surface area contributed by atoms with Gasteiger partial charge in [-0.25, -0.2) is 0 Å². The Balaban J connectivity index is 2.63. The monoisotopic (exact) mass is 196 g/mol. The first-order chi connectivity index (χ1) is 6.72. The van der Waals surface area contributed by atoms with Crippen LogP contribution in [0.1, 0.15) is 11.4 Å². The molecule has 0 fully saturated rings. The molecule has 0 saturated heterocycles. The summed E-state index contributed by atoms with van der Waals surface area (Å²) in [6.45, 7) is -0.195. The number of pyridine rings is 1. The van der Waals surface area contributed by atoms with Crippen molar-refractivity contribution < 1.29 is 14.7 Å². The molecule has 0 aliphatic rings. The van der Waals surface area contributed by atoms with Crippen molar-refractivity contribution >= 4 is 6.29 Å². The summed E-state index contributed by atoms with van der Waals surface area (Å²) in [5, 5.41) is 9.00. The van der Waals surface area contributed by atoms with Gasteiger partial charge in [-0.15, -0.1) is 10.1 Å². The summed E-state index contributed by atoms with van der Waals surface area (Å²) in [6, 6.07) is 4.94. The lowest BCUT2D eigenvalue weighted by Crippen LogP contribution is -2.03. The SMILES string of the molecule is O=CCc1cccc(CO[N+](=O)[O-])n1. The van der Waals surface area contributed by atoms with Gasteiger partial charge >= 0.3 is 0 Å². The van der Waals surface area contributed by atoms with Gasteiger partial charge in [-0.3, -0.25) is 4.98 Å². The van der Waals surface area contributed by atoms with Crippen LogP contribution in [0.5, 0.6) is 0 Å². The van der Waals surface area contributed by atoms with Crippen molar-refractivity contribution in [2.45, 2.75) is 13.0 Å². The van der Waals surface area contributed by atoms with Crippen LogP contribution in [0.25, 0.3) is 0 Å². The molecule has 0 saturated carbocycles. The summed E-state index contributed by atoms with van der Waals surface area (Å²) in [6.07, 6.45) is 0.923. The Bertz CT molecular complexity index is 340. The van der Waals surface area contributed by atoms with Crippen molar-refractivity contribution in [2.24, 2.45) is 0 Å². The van der Waals surface area contributed by atoms with E-state index in [0.717, 1.165) is 6.29 Å². The molecule has 0 aromatic carbocycles. The average Bonchev–Trinajstić information content (AvgIpc) is 2.16. The summed E-state index contributed by atoms with van der Waals surface area (Å²) in [7, 11) is 0. The van der Waals surface area contributed by atoms with Gasteiger partial charge in [-0.1, -0.05) is 6.07 Å².